The van der Waals surface area contributed by atoms with Crippen LogP contribution in [0.2, 0.25) is 10.0 Å². The molecule has 2 aromatic rings. The van der Waals surface area contributed by atoms with Crippen molar-refractivity contribution in [1.82, 2.24) is 21.3 Å². The Hall–Kier alpha value is -4.56. The van der Waals surface area contributed by atoms with Crippen LogP contribution in [0, 0.1) is 21.6 Å². The third-order valence-corrected chi connectivity index (χ3v) is 5.54. The number of carboxylic acids is 2. The second kappa shape index (κ2) is 23.9. The van der Waals surface area contributed by atoms with E-state index >= 15 is 0 Å². The maximum atomic E-state index is 9.37. The average Bonchev–Trinajstić information content (AvgIpc) is 2.97. The highest BCUT2D eigenvalue weighted by Crippen LogP contribution is 2.13. The van der Waals surface area contributed by atoms with Crippen LogP contribution in [0.25, 0.3) is 0 Å². The molecule has 0 saturated heterocycles. The third kappa shape index (κ3) is 23.1. The first-order valence-electron chi connectivity index (χ1n) is 13.7. The van der Waals surface area contributed by atoms with Gasteiger partial charge in [0.2, 0.25) is 0 Å². The van der Waals surface area contributed by atoms with Gasteiger partial charge in [0.1, 0.15) is 0 Å². The van der Waals surface area contributed by atoms with E-state index < -0.39 is 11.9 Å². The minimum absolute atomic E-state index is 0.00148. The van der Waals surface area contributed by atoms with Gasteiger partial charge in [-0.3, -0.25) is 41.9 Å². The van der Waals surface area contributed by atoms with Crippen LogP contribution in [-0.4, -0.2) is 59.1 Å². The van der Waals surface area contributed by atoms with Crippen LogP contribution in [0.1, 0.15) is 52.4 Å². The smallest absolute Gasteiger partial charge is 0.303 e. The number of halogens is 2. The summed E-state index contributed by atoms with van der Waals surface area (Å²) in [6, 6.07) is 13.9. The molecule has 44 heavy (non-hydrogen) atoms. The van der Waals surface area contributed by atoms with Gasteiger partial charge in [-0.05, 0) is 61.4 Å². The van der Waals surface area contributed by atoms with Gasteiger partial charge < -0.3 is 31.5 Å². The molecule has 0 fully saturated rings. The monoisotopic (exact) mass is 652 g/mol. The Morgan fingerprint density at radius 3 is 1.16 bits per heavy atom. The van der Waals surface area contributed by atoms with E-state index in [-0.39, 0.29) is 36.7 Å². The van der Waals surface area contributed by atoms with Crippen molar-refractivity contribution in [3.05, 3.63) is 58.6 Å². The van der Waals surface area contributed by atoms with E-state index in [1.54, 1.807) is 62.4 Å². The Kier molecular flexibility index (Phi) is 21.5. The lowest BCUT2D eigenvalue weighted by Gasteiger charge is -2.13. The summed E-state index contributed by atoms with van der Waals surface area (Å²) in [5, 5.41) is 64.9. The Bertz CT molecular complexity index is 1100. The lowest BCUT2D eigenvalue weighted by Crippen LogP contribution is -2.43. The number of aliphatic carboxylic acids is 2. The number of anilines is 2. The van der Waals surface area contributed by atoms with Crippen molar-refractivity contribution in [2.75, 3.05) is 23.7 Å². The molecule has 0 bridgehead atoms. The molecular formula is C28H42Cl2N10O4. The molecule has 0 amide bonds. The predicted octanol–water partition coefficient (Wildman–Crippen LogP) is 5.14. The van der Waals surface area contributed by atoms with Crippen LogP contribution in [0.15, 0.2) is 48.5 Å². The van der Waals surface area contributed by atoms with Gasteiger partial charge in [0.25, 0.3) is 0 Å². The summed E-state index contributed by atoms with van der Waals surface area (Å²) in [5.74, 6) is -1.38. The number of unbranched alkanes of at least 4 members (excludes halogenated alkanes) is 3. The minimum Gasteiger partial charge on any atom is -0.481 e. The van der Waals surface area contributed by atoms with Crippen molar-refractivity contribution >= 4 is 70.4 Å². The molecule has 0 spiro atoms. The zero-order chi connectivity index (χ0) is 33.3. The maximum absolute atomic E-state index is 9.37. The fourth-order valence-corrected chi connectivity index (χ4v) is 3.04. The number of carbonyl (C=O) groups is 2. The number of nitrogens with one attached hydrogen (secondary N) is 10. The van der Waals surface area contributed by atoms with Crippen molar-refractivity contribution in [2.24, 2.45) is 0 Å². The Labute approximate surface area is 267 Å². The molecule has 14 nitrogen and oxygen atoms in total. The van der Waals surface area contributed by atoms with E-state index in [4.69, 9.17) is 55.1 Å². The van der Waals surface area contributed by atoms with Crippen molar-refractivity contribution < 1.29 is 19.8 Å². The summed E-state index contributed by atoms with van der Waals surface area (Å²) in [5.41, 5.74) is 1.42. The lowest BCUT2D eigenvalue weighted by molar-refractivity contribution is -0.137. The summed E-state index contributed by atoms with van der Waals surface area (Å²) in [6.45, 7) is 4.45. The average molecular weight is 654 g/mol. The number of carboxylic acid groups (broad SMARTS) is 2. The van der Waals surface area contributed by atoms with Crippen LogP contribution in [-0.2, 0) is 9.59 Å². The largest absolute Gasteiger partial charge is 0.481 e. The lowest BCUT2D eigenvalue weighted by atomic mass is 10.2. The predicted molar refractivity (Wildman–Crippen MR) is 178 cm³/mol. The molecule has 0 atom stereocenters. The standard InChI is InChI=1S/C22H30Cl2N10.2C3H6O2/c23-15-5-9-17(10-6-15)31-21(27)33-19(25)29-13-3-1-2-4-14-30-20(26)34-22(28)32-18-11-7-16(24)8-12-18;2*1-2-3(4)5/h5-12H,1-4,13-14H2,(H5,25,27,29,31,33)(H5,26,28,30,32,34);2*2H2,1H3,(H,4,5). The first-order valence-corrected chi connectivity index (χ1v) is 14.5. The molecule has 0 unspecified atom stereocenters. The molecule has 0 aliphatic rings. The molecule has 0 aliphatic heterocycles. The van der Waals surface area contributed by atoms with E-state index in [1.165, 1.54) is 0 Å². The van der Waals surface area contributed by atoms with E-state index in [0.29, 0.717) is 34.5 Å². The van der Waals surface area contributed by atoms with Gasteiger partial charge in [-0.25, -0.2) is 0 Å². The molecule has 0 aromatic heterocycles. The number of hydrogen-bond donors (Lipinski definition) is 12. The van der Waals surface area contributed by atoms with Crippen molar-refractivity contribution in [3.8, 4) is 0 Å². The number of hydrogen-bond acceptors (Lipinski definition) is 6. The highest BCUT2D eigenvalue weighted by Gasteiger charge is 2.03. The van der Waals surface area contributed by atoms with Gasteiger partial charge in [-0.1, -0.05) is 49.9 Å². The van der Waals surface area contributed by atoms with E-state index in [1.807, 2.05) is 0 Å². The number of guanidine groups is 4. The Balaban J connectivity index is 0.00000159. The summed E-state index contributed by atoms with van der Waals surface area (Å²) < 4.78 is 0. The van der Waals surface area contributed by atoms with Gasteiger partial charge in [0, 0.05) is 47.4 Å². The van der Waals surface area contributed by atoms with Crippen LogP contribution < -0.4 is 31.9 Å². The van der Waals surface area contributed by atoms with Gasteiger partial charge in [0.05, 0.1) is 0 Å². The second-order valence-corrected chi connectivity index (χ2v) is 9.65. The summed E-state index contributed by atoms with van der Waals surface area (Å²) in [6.07, 6.45) is 4.15. The molecule has 242 valence electrons. The minimum atomic E-state index is -0.745. The summed E-state index contributed by atoms with van der Waals surface area (Å²) >= 11 is 11.7. The van der Waals surface area contributed by atoms with Gasteiger partial charge >= 0.3 is 11.9 Å². The van der Waals surface area contributed by atoms with Crippen LogP contribution in [0.4, 0.5) is 11.4 Å². The van der Waals surface area contributed by atoms with Gasteiger partial charge in [-0.2, -0.15) is 0 Å². The molecular weight excluding hydrogens is 611 g/mol. The molecule has 0 heterocycles. The normalized spacial score (nSPS) is 9.45. The quantitative estimate of drug-likeness (QED) is 0.0866. The zero-order valence-corrected chi connectivity index (χ0v) is 26.3. The molecule has 2 rings (SSSR count). The molecule has 2 aromatic carbocycles. The molecule has 16 heteroatoms. The van der Waals surface area contributed by atoms with Crippen LogP contribution in [0.5, 0.6) is 0 Å². The van der Waals surface area contributed by atoms with Crippen molar-refractivity contribution in [2.45, 2.75) is 52.4 Å². The number of rotatable bonds is 11. The first kappa shape index (κ1) is 39.4. The molecule has 0 aliphatic carbocycles. The van der Waals surface area contributed by atoms with Gasteiger partial charge in [0.15, 0.2) is 23.8 Å². The van der Waals surface area contributed by atoms with Gasteiger partial charge in [-0.15, -0.1) is 0 Å². The molecule has 0 saturated carbocycles. The molecule has 12 N–H and O–H groups in total. The van der Waals surface area contributed by atoms with Crippen molar-refractivity contribution in [3.63, 3.8) is 0 Å². The zero-order valence-electron chi connectivity index (χ0n) is 24.7. The SMILES string of the molecule is CCC(=O)O.CCC(=O)O.N=C(NCCCCCCNC(=N)NC(=N)Nc1ccc(Cl)cc1)NC(=N)Nc1ccc(Cl)cc1. The topological polar surface area (TPSA) is 242 Å². The van der Waals surface area contributed by atoms with Crippen LogP contribution >= 0.6 is 23.2 Å². The van der Waals surface area contributed by atoms with Crippen molar-refractivity contribution in [1.29, 1.82) is 21.6 Å². The third-order valence-electron chi connectivity index (χ3n) is 5.04. The maximum Gasteiger partial charge on any atom is 0.303 e. The first-order chi connectivity index (χ1) is 20.9. The van der Waals surface area contributed by atoms with Crippen LogP contribution in [0.3, 0.4) is 0 Å². The van der Waals surface area contributed by atoms with E-state index in [2.05, 4.69) is 31.9 Å². The fraction of sp³-hybridized carbons (Fsp3) is 0.357. The number of benzene rings is 2. The Morgan fingerprint density at radius 2 is 0.886 bits per heavy atom. The second-order valence-electron chi connectivity index (χ2n) is 8.78. The van der Waals surface area contributed by atoms with E-state index in [0.717, 1.165) is 25.7 Å². The highest BCUT2D eigenvalue weighted by molar-refractivity contribution is 6.31. The molecule has 0 radical (unpaired) electrons. The Morgan fingerprint density at radius 1 is 0.591 bits per heavy atom. The van der Waals surface area contributed by atoms with E-state index in [9.17, 15) is 9.59 Å². The summed E-state index contributed by atoms with van der Waals surface area (Å²) in [7, 11) is 0. The summed E-state index contributed by atoms with van der Waals surface area (Å²) in [4.78, 5) is 18.7. The fourth-order valence-electron chi connectivity index (χ4n) is 2.79. The highest BCUT2D eigenvalue weighted by atomic mass is 35.5.